The number of aromatic nitrogens is 1. The number of benzene rings is 2. The van der Waals surface area contributed by atoms with Crippen LogP contribution in [-0.4, -0.2) is 23.1 Å². The predicted octanol–water partition coefficient (Wildman–Crippen LogP) is 3.77. The lowest BCUT2D eigenvalue weighted by Gasteiger charge is -2.10. The zero-order valence-electron chi connectivity index (χ0n) is 16.4. The minimum atomic E-state index is -0.557. The van der Waals surface area contributed by atoms with Gasteiger partial charge in [0, 0.05) is 30.0 Å². The summed E-state index contributed by atoms with van der Waals surface area (Å²) >= 11 is 0. The van der Waals surface area contributed by atoms with Crippen LogP contribution in [0.5, 0.6) is 0 Å². The summed E-state index contributed by atoms with van der Waals surface area (Å²) in [6.07, 6.45) is 0. The quantitative estimate of drug-likeness (QED) is 0.621. The molecule has 2 aromatic carbocycles. The fraction of sp³-hybridized carbons (Fsp3) is 0.217. The number of hydrogen-bond donors (Lipinski definition) is 1. The minimum absolute atomic E-state index is 0.0364. The molecule has 3 rings (SSSR count). The van der Waals surface area contributed by atoms with Crippen LogP contribution in [0.25, 0.3) is 0 Å². The Labute approximate surface area is 169 Å². The predicted molar refractivity (Wildman–Crippen MR) is 108 cm³/mol. The third kappa shape index (κ3) is 5.10. The summed E-state index contributed by atoms with van der Waals surface area (Å²) < 4.78 is 20.8. The fourth-order valence-corrected chi connectivity index (χ4v) is 3.11. The summed E-state index contributed by atoms with van der Waals surface area (Å²) in [5, 5.41) is 2.55. The van der Waals surface area contributed by atoms with Crippen molar-refractivity contribution in [2.24, 2.45) is 0 Å². The lowest BCUT2D eigenvalue weighted by Crippen LogP contribution is -2.28. The molecule has 0 saturated heterocycles. The topological polar surface area (TPSA) is 60.3 Å². The highest BCUT2D eigenvalue weighted by atomic mass is 19.1. The van der Waals surface area contributed by atoms with Crippen LogP contribution < -0.4 is 5.32 Å². The Hall–Kier alpha value is -3.41. The highest BCUT2D eigenvalue weighted by Gasteiger charge is 2.18. The Morgan fingerprint density at radius 1 is 1.03 bits per heavy atom. The van der Waals surface area contributed by atoms with Gasteiger partial charge in [-0.3, -0.25) is 4.79 Å². The second kappa shape index (κ2) is 9.19. The van der Waals surface area contributed by atoms with Crippen molar-refractivity contribution in [2.75, 3.05) is 6.61 Å². The molecule has 1 N–H and O–H groups in total. The fourth-order valence-electron chi connectivity index (χ4n) is 3.11. The smallest absolute Gasteiger partial charge is 0.340 e. The Morgan fingerprint density at radius 2 is 1.72 bits per heavy atom. The molecule has 0 bridgehead atoms. The van der Waals surface area contributed by atoms with Crippen LogP contribution in [0.3, 0.4) is 0 Å². The van der Waals surface area contributed by atoms with Gasteiger partial charge in [0.15, 0.2) is 6.61 Å². The first-order valence-corrected chi connectivity index (χ1v) is 9.33. The van der Waals surface area contributed by atoms with Gasteiger partial charge in [0.25, 0.3) is 5.91 Å². The van der Waals surface area contributed by atoms with Crippen molar-refractivity contribution >= 4 is 11.9 Å². The maximum Gasteiger partial charge on any atom is 0.340 e. The Balaban J connectivity index is 1.57. The van der Waals surface area contributed by atoms with E-state index in [2.05, 4.69) is 5.32 Å². The standard InChI is InChI=1S/C23H23FN2O3/c1-16-12-20(17(2)26(16)14-18-8-4-3-5-9-18)23(28)29-15-22(27)25-13-19-10-6-7-11-21(19)24/h3-12H,13-15H2,1-2H3,(H,25,27). The number of carbonyl (C=O) groups excluding carboxylic acids is 2. The number of nitrogens with zero attached hydrogens (tertiary/aromatic N) is 1. The van der Waals surface area contributed by atoms with Crippen molar-refractivity contribution in [3.8, 4) is 0 Å². The second-order valence-electron chi connectivity index (χ2n) is 6.80. The number of nitrogens with one attached hydrogen (secondary N) is 1. The molecule has 150 valence electrons. The molecule has 1 aromatic heterocycles. The normalized spacial score (nSPS) is 10.6. The monoisotopic (exact) mass is 394 g/mol. The number of esters is 1. The Bertz CT molecular complexity index is 1010. The molecule has 3 aromatic rings. The highest BCUT2D eigenvalue weighted by molar-refractivity contribution is 5.92. The minimum Gasteiger partial charge on any atom is -0.452 e. The molecule has 5 nitrogen and oxygen atoms in total. The highest BCUT2D eigenvalue weighted by Crippen LogP contribution is 2.18. The lowest BCUT2D eigenvalue weighted by atomic mass is 10.2. The van der Waals surface area contributed by atoms with E-state index >= 15 is 0 Å². The van der Waals surface area contributed by atoms with E-state index in [9.17, 15) is 14.0 Å². The maximum atomic E-state index is 13.6. The average Bonchev–Trinajstić information content (AvgIpc) is 3.00. The first-order chi connectivity index (χ1) is 14.0. The van der Waals surface area contributed by atoms with Gasteiger partial charge < -0.3 is 14.6 Å². The van der Waals surface area contributed by atoms with Gasteiger partial charge in [-0.2, -0.15) is 0 Å². The third-order valence-electron chi connectivity index (χ3n) is 4.75. The Kier molecular flexibility index (Phi) is 6.44. The van der Waals surface area contributed by atoms with Crippen molar-refractivity contribution in [3.63, 3.8) is 0 Å². The van der Waals surface area contributed by atoms with Gasteiger partial charge in [0.1, 0.15) is 5.82 Å². The van der Waals surface area contributed by atoms with Crippen molar-refractivity contribution in [1.82, 2.24) is 9.88 Å². The zero-order valence-corrected chi connectivity index (χ0v) is 16.4. The molecular formula is C23H23FN2O3. The second-order valence-corrected chi connectivity index (χ2v) is 6.80. The number of halogens is 1. The summed E-state index contributed by atoms with van der Waals surface area (Å²) in [5.41, 5.74) is 3.64. The van der Waals surface area contributed by atoms with E-state index in [-0.39, 0.29) is 6.54 Å². The third-order valence-corrected chi connectivity index (χ3v) is 4.75. The van der Waals surface area contributed by atoms with Crippen molar-refractivity contribution in [1.29, 1.82) is 0 Å². The zero-order chi connectivity index (χ0) is 20.8. The summed E-state index contributed by atoms with van der Waals surface area (Å²) in [7, 11) is 0. The molecule has 0 saturated carbocycles. The molecule has 0 spiro atoms. The molecule has 6 heteroatoms. The van der Waals surface area contributed by atoms with Crippen LogP contribution in [0.2, 0.25) is 0 Å². The van der Waals surface area contributed by atoms with Gasteiger partial charge in [-0.25, -0.2) is 9.18 Å². The van der Waals surface area contributed by atoms with Gasteiger partial charge in [-0.1, -0.05) is 48.5 Å². The molecule has 0 unspecified atom stereocenters. The van der Waals surface area contributed by atoms with Gasteiger partial charge in [-0.05, 0) is 31.5 Å². The van der Waals surface area contributed by atoms with Crippen molar-refractivity contribution in [2.45, 2.75) is 26.9 Å². The summed E-state index contributed by atoms with van der Waals surface area (Å²) in [6, 6.07) is 17.9. The summed E-state index contributed by atoms with van der Waals surface area (Å²) in [5.74, 6) is -1.44. The van der Waals surface area contributed by atoms with Crippen LogP contribution in [0.4, 0.5) is 4.39 Å². The van der Waals surface area contributed by atoms with Gasteiger partial charge in [-0.15, -0.1) is 0 Å². The Morgan fingerprint density at radius 3 is 2.45 bits per heavy atom. The van der Waals surface area contributed by atoms with Crippen LogP contribution in [0.15, 0.2) is 60.7 Å². The molecule has 29 heavy (non-hydrogen) atoms. The average molecular weight is 394 g/mol. The van der Waals surface area contributed by atoms with Crippen LogP contribution >= 0.6 is 0 Å². The van der Waals surface area contributed by atoms with Crippen molar-refractivity contribution in [3.05, 3.63) is 94.6 Å². The van der Waals surface area contributed by atoms with E-state index in [1.54, 1.807) is 24.3 Å². The molecule has 0 aliphatic rings. The van der Waals surface area contributed by atoms with E-state index in [0.717, 1.165) is 17.0 Å². The maximum absolute atomic E-state index is 13.6. The van der Waals surface area contributed by atoms with Gasteiger partial charge >= 0.3 is 5.97 Å². The summed E-state index contributed by atoms with van der Waals surface area (Å²) in [6.45, 7) is 4.04. The van der Waals surface area contributed by atoms with Crippen LogP contribution in [0, 0.1) is 19.7 Å². The van der Waals surface area contributed by atoms with E-state index in [0.29, 0.717) is 17.7 Å². The van der Waals surface area contributed by atoms with E-state index in [1.807, 2.05) is 48.7 Å². The molecule has 0 atom stereocenters. The van der Waals surface area contributed by atoms with E-state index < -0.39 is 24.3 Å². The van der Waals surface area contributed by atoms with E-state index in [1.165, 1.54) is 6.07 Å². The van der Waals surface area contributed by atoms with Crippen LogP contribution in [0.1, 0.15) is 32.9 Å². The van der Waals surface area contributed by atoms with Gasteiger partial charge in [0.2, 0.25) is 0 Å². The molecule has 1 heterocycles. The first kappa shape index (κ1) is 20.3. The molecule has 0 aliphatic heterocycles. The van der Waals surface area contributed by atoms with Crippen LogP contribution in [-0.2, 0) is 22.6 Å². The molecular weight excluding hydrogens is 371 g/mol. The number of amides is 1. The lowest BCUT2D eigenvalue weighted by molar-refractivity contribution is -0.124. The molecule has 1 amide bonds. The number of carbonyl (C=O) groups is 2. The van der Waals surface area contributed by atoms with E-state index in [4.69, 9.17) is 4.74 Å². The SMILES string of the molecule is Cc1cc(C(=O)OCC(=O)NCc2ccccc2F)c(C)n1Cc1ccccc1. The van der Waals surface area contributed by atoms with Crippen molar-refractivity contribution < 1.29 is 18.7 Å². The molecule has 0 aliphatic carbocycles. The number of hydrogen-bond acceptors (Lipinski definition) is 3. The largest absolute Gasteiger partial charge is 0.452 e. The summed E-state index contributed by atoms with van der Waals surface area (Å²) in [4.78, 5) is 24.4. The molecule has 0 radical (unpaired) electrons. The van der Waals surface area contributed by atoms with Gasteiger partial charge in [0.05, 0.1) is 5.56 Å². The first-order valence-electron chi connectivity index (χ1n) is 9.33. The molecule has 0 fully saturated rings. The number of ether oxygens (including phenoxy) is 1. The number of rotatable bonds is 7. The number of aryl methyl sites for hydroxylation is 1.